The molecule has 0 fully saturated rings. The van der Waals surface area contributed by atoms with Gasteiger partial charge >= 0.3 is 0 Å². The number of rotatable bonds is 3. The summed E-state index contributed by atoms with van der Waals surface area (Å²) in [5.74, 6) is 1.55. The van der Waals surface area contributed by atoms with E-state index >= 15 is 0 Å². The van der Waals surface area contributed by atoms with Crippen molar-refractivity contribution in [2.75, 3.05) is 16.8 Å². The van der Waals surface area contributed by atoms with Crippen molar-refractivity contribution in [3.8, 4) is 0 Å². The van der Waals surface area contributed by atoms with Crippen LogP contribution in [0, 0.1) is 6.92 Å². The zero-order chi connectivity index (χ0) is 17.2. The molecular weight excluding hydrogens is 376 g/mol. The second-order valence-corrected chi connectivity index (χ2v) is 7.12. The SMILES string of the molecule is Cc1cccc2c1N(c1ccnc(Nc3ccc(Br)cc3)n1)CCC2. The van der Waals surface area contributed by atoms with Crippen LogP contribution in [0.4, 0.5) is 23.1 Å². The topological polar surface area (TPSA) is 41.1 Å². The Morgan fingerprint density at radius 2 is 1.92 bits per heavy atom. The van der Waals surface area contributed by atoms with E-state index in [0.29, 0.717) is 5.95 Å². The molecule has 2 aromatic carbocycles. The fourth-order valence-electron chi connectivity index (χ4n) is 3.30. The van der Waals surface area contributed by atoms with Crippen molar-refractivity contribution in [2.45, 2.75) is 19.8 Å². The third kappa shape index (κ3) is 3.37. The van der Waals surface area contributed by atoms with Gasteiger partial charge in [-0.3, -0.25) is 0 Å². The Kier molecular flexibility index (Phi) is 4.40. The summed E-state index contributed by atoms with van der Waals surface area (Å²) in [5, 5.41) is 3.28. The number of aromatic nitrogens is 2. The van der Waals surface area contributed by atoms with Crippen LogP contribution in [0.2, 0.25) is 0 Å². The van der Waals surface area contributed by atoms with E-state index in [1.54, 1.807) is 0 Å². The highest BCUT2D eigenvalue weighted by atomic mass is 79.9. The van der Waals surface area contributed by atoms with Crippen LogP contribution in [0.5, 0.6) is 0 Å². The summed E-state index contributed by atoms with van der Waals surface area (Å²) in [6.45, 7) is 3.14. The number of hydrogen-bond donors (Lipinski definition) is 1. The van der Waals surface area contributed by atoms with Crippen LogP contribution in [-0.2, 0) is 6.42 Å². The summed E-state index contributed by atoms with van der Waals surface area (Å²) in [7, 11) is 0. The average Bonchev–Trinajstić information content (AvgIpc) is 2.64. The number of hydrogen-bond acceptors (Lipinski definition) is 4. The first-order chi connectivity index (χ1) is 12.2. The summed E-state index contributed by atoms with van der Waals surface area (Å²) in [4.78, 5) is 11.4. The van der Waals surface area contributed by atoms with Crippen LogP contribution in [0.3, 0.4) is 0 Å². The van der Waals surface area contributed by atoms with Gasteiger partial charge in [0.2, 0.25) is 5.95 Å². The zero-order valence-corrected chi connectivity index (χ0v) is 15.6. The van der Waals surface area contributed by atoms with Gasteiger partial charge in [0, 0.05) is 28.6 Å². The largest absolute Gasteiger partial charge is 0.326 e. The minimum absolute atomic E-state index is 0.612. The van der Waals surface area contributed by atoms with Crippen LogP contribution in [-0.4, -0.2) is 16.5 Å². The summed E-state index contributed by atoms with van der Waals surface area (Å²) in [6, 6.07) is 16.5. The number of nitrogens with one attached hydrogen (secondary N) is 1. The number of benzene rings is 2. The van der Waals surface area contributed by atoms with E-state index in [0.717, 1.165) is 35.4 Å². The van der Waals surface area contributed by atoms with Crippen LogP contribution in [0.1, 0.15) is 17.5 Å². The molecule has 0 radical (unpaired) electrons. The average molecular weight is 395 g/mol. The molecule has 0 atom stereocenters. The Bertz CT molecular complexity index is 892. The summed E-state index contributed by atoms with van der Waals surface area (Å²) < 4.78 is 1.05. The van der Waals surface area contributed by atoms with E-state index in [1.165, 1.54) is 16.8 Å². The molecule has 0 aliphatic carbocycles. The molecular formula is C20H19BrN4. The van der Waals surface area contributed by atoms with E-state index in [4.69, 9.17) is 4.98 Å². The lowest BCUT2D eigenvalue weighted by Crippen LogP contribution is -2.26. The Morgan fingerprint density at radius 1 is 1.08 bits per heavy atom. The molecule has 25 heavy (non-hydrogen) atoms. The lowest BCUT2D eigenvalue weighted by atomic mass is 9.98. The summed E-state index contributed by atoms with van der Waals surface area (Å²) in [6.07, 6.45) is 4.08. The molecule has 1 aliphatic rings. The third-order valence-electron chi connectivity index (χ3n) is 4.44. The lowest BCUT2D eigenvalue weighted by molar-refractivity contribution is 0.756. The van der Waals surface area contributed by atoms with Crippen LogP contribution >= 0.6 is 15.9 Å². The number of para-hydroxylation sites is 1. The third-order valence-corrected chi connectivity index (χ3v) is 4.97. The number of anilines is 4. The Balaban J connectivity index is 1.66. The van der Waals surface area contributed by atoms with Gasteiger partial charge in [0.1, 0.15) is 5.82 Å². The van der Waals surface area contributed by atoms with Crippen LogP contribution < -0.4 is 10.2 Å². The van der Waals surface area contributed by atoms with Gasteiger partial charge < -0.3 is 10.2 Å². The highest BCUT2D eigenvalue weighted by Gasteiger charge is 2.21. The van der Waals surface area contributed by atoms with Crippen molar-refractivity contribution in [3.05, 3.63) is 70.3 Å². The molecule has 1 aliphatic heterocycles. The van der Waals surface area contributed by atoms with Gasteiger partial charge in [0.05, 0.1) is 0 Å². The zero-order valence-electron chi connectivity index (χ0n) is 14.0. The monoisotopic (exact) mass is 394 g/mol. The Labute approximate surface area is 156 Å². The second kappa shape index (κ2) is 6.84. The number of nitrogens with zero attached hydrogens (tertiary/aromatic N) is 3. The first-order valence-electron chi connectivity index (χ1n) is 8.42. The molecule has 0 unspecified atom stereocenters. The molecule has 126 valence electrons. The molecule has 3 aromatic rings. The first kappa shape index (κ1) is 16.1. The molecule has 0 saturated carbocycles. The standard InChI is InChI=1S/C20H19BrN4/c1-14-4-2-5-15-6-3-13-25(19(14)15)18-11-12-22-20(24-18)23-17-9-7-16(21)8-10-17/h2,4-5,7-12H,3,6,13H2,1H3,(H,22,23,24). The van der Waals surface area contributed by atoms with Crippen molar-refractivity contribution in [1.82, 2.24) is 9.97 Å². The smallest absolute Gasteiger partial charge is 0.229 e. The quantitative estimate of drug-likeness (QED) is 0.647. The van der Waals surface area contributed by atoms with Crippen molar-refractivity contribution in [1.29, 1.82) is 0 Å². The Hall–Kier alpha value is -2.40. The highest BCUT2D eigenvalue weighted by Crippen LogP contribution is 2.35. The van der Waals surface area contributed by atoms with E-state index in [1.807, 2.05) is 36.5 Å². The van der Waals surface area contributed by atoms with Crippen molar-refractivity contribution >= 4 is 39.1 Å². The fraction of sp³-hybridized carbons (Fsp3) is 0.200. The maximum atomic E-state index is 4.75. The number of fused-ring (bicyclic) bond motifs is 1. The van der Waals surface area contributed by atoms with Gasteiger partial charge in [-0.2, -0.15) is 4.98 Å². The molecule has 5 heteroatoms. The van der Waals surface area contributed by atoms with E-state index in [2.05, 4.69) is 56.3 Å². The van der Waals surface area contributed by atoms with Gasteiger partial charge in [-0.25, -0.2) is 4.98 Å². The molecule has 1 N–H and O–H groups in total. The first-order valence-corrected chi connectivity index (χ1v) is 9.22. The van der Waals surface area contributed by atoms with Gasteiger partial charge in [-0.15, -0.1) is 0 Å². The van der Waals surface area contributed by atoms with E-state index < -0.39 is 0 Å². The normalized spacial score (nSPS) is 13.4. The Morgan fingerprint density at radius 3 is 2.76 bits per heavy atom. The maximum absolute atomic E-state index is 4.75. The van der Waals surface area contributed by atoms with Crippen molar-refractivity contribution in [2.24, 2.45) is 0 Å². The van der Waals surface area contributed by atoms with Crippen molar-refractivity contribution in [3.63, 3.8) is 0 Å². The van der Waals surface area contributed by atoms with Gasteiger partial charge in [0.15, 0.2) is 0 Å². The molecule has 1 aromatic heterocycles. The molecule has 4 nitrogen and oxygen atoms in total. The lowest BCUT2D eigenvalue weighted by Gasteiger charge is -2.32. The van der Waals surface area contributed by atoms with Gasteiger partial charge in [0.25, 0.3) is 0 Å². The second-order valence-electron chi connectivity index (χ2n) is 6.21. The molecule has 0 amide bonds. The van der Waals surface area contributed by atoms with E-state index in [-0.39, 0.29) is 0 Å². The molecule has 0 bridgehead atoms. The van der Waals surface area contributed by atoms with Crippen molar-refractivity contribution < 1.29 is 0 Å². The fourth-order valence-corrected chi connectivity index (χ4v) is 3.56. The van der Waals surface area contributed by atoms with Gasteiger partial charge in [-0.1, -0.05) is 34.1 Å². The van der Waals surface area contributed by atoms with Crippen LogP contribution in [0.25, 0.3) is 0 Å². The summed E-state index contributed by atoms with van der Waals surface area (Å²) >= 11 is 3.45. The predicted octanol–water partition coefficient (Wildman–Crippen LogP) is 5.38. The number of aryl methyl sites for hydroxylation is 2. The maximum Gasteiger partial charge on any atom is 0.229 e. The predicted molar refractivity (Wildman–Crippen MR) is 106 cm³/mol. The molecule has 0 saturated heterocycles. The minimum Gasteiger partial charge on any atom is -0.326 e. The van der Waals surface area contributed by atoms with Gasteiger partial charge in [-0.05, 0) is 61.2 Å². The minimum atomic E-state index is 0.612. The highest BCUT2D eigenvalue weighted by molar-refractivity contribution is 9.10. The molecule has 4 rings (SSSR count). The molecule has 0 spiro atoms. The van der Waals surface area contributed by atoms with Crippen LogP contribution in [0.15, 0.2) is 59.2 Å². The van der Waals surface area contributed by atoms with E-state index in [9.17, 15) is 0 Å². The number of halogens is 1. The molecule has 2 heterocycles. The summed E-state index contributed by atoms with van der Waals surface area (Å²) in [5.41, 5.74) is 4.95.